The number of piperidine rings is 1. The number of thiophene rings is 1. The van der Waals surface area contributed by atoms with Crippen molar-refractivity contribution in [2.45, 2.75) is 25.3 Å². The summed E-state index contributed by atoms with van der Waals surface area (Å²) < 4.78 is 0. The van der Waals surface area contributed by atoms with Crippen LogP contribution in [-0.2, 0) is 6.54 Å². The summed E-state index contributed by atoms with van der Waals surface area (Å²) in [6, 6.07) is 5.64. The number of rotatable bonds is 4. The zero-order valence-corrected chi connectivity index (χ0v) is 14.0. The molecule has 0 radical (unpaired) electrons. The van der Waals surface area contributed by atoms with Crippen molar-refractivity contribution in [3.63, 3.8) is 0 Å². The van der Waals surface area contributed by atoms with Crippen molar-refractivity contribution in [3.8, 4) is 16.5 Å². The zero-order chi connectivity index (χ0) is 16.4. The van der Waals surface area contributed by atoms with Crippen molar-refractivity contribution in [2.75, 3.05) is 13.1 Å². The Balaban J connectivity index is 1.54. The number of nitrogens with one attached hydrogen (secondary N) is 1. The predicted octanol–water partition coefficient (Wildman–Crippen LogP) is 3.01. The minimum absolute atomic E-state index is 0.0489. The second-order valence-corrected chi connectivity index (χ2v) is 7.03. The van der Waals surface area contributed by atoms with Gasteiger partial charge in [-0.05, 0) is 30.8 Å². The summed E-state index contributed by atoms with van der Waals surface area (Å²) in [5, 5.41) is 12.0. The summed E-state index contributed by atoms with van der Waals surface area (Å²) in [5.41, 5.74) is 1.85. The van der Waals surface area contributed by atoms with E-state index in [1.54, 1.807) is 23.7 Å². The summed E-state index contributed by atoms with van der Waals surface area (Å²) in [5.74, 6) is 1.03. The molecule has 0 spiro atoms. The third-order valence-electron chi connectivity index (χ3n) is 4.31. The van der Waals surface area contributed by atoms with E-state index in [-0.39, 0.29) is 11.8 Å². The highest BCUT2D eigenvalue weighted by molar-refractivity contribution is 7.13. The van der Waals surface area contributed by atoms with Gasteiger partial charge in [0.05, 0.1) is 22.6 Å². The lowest BCUT2D eigenvalue weighted by atomic mass is 9.97. The maximum Gasteiger partial charge on any atom is 0.214 e. The van der Waals surface area contributed by atoms with Crippen LogP contribution in [-0.4, -0.2) is 43.0 Å². The van der Waals surface area contributed by atoms with Gasteiger partial charge in [0.2, 0.25) is 5.88 Å². The summed E-state index contributed by atoms with van der Waals surface area (Å²) >= 11 is 1.62. The molecule has 1 atom stereocenters. The highest BCUT2D eigenvalue weighted by Gasteiger charge is 2.25. The van der Waals surface area contributed by atoms with Crippen LogP contribution in [0.15, 0.2) is 36.1 Å². The highest BCUT2D eigenvalue weighted by atomic mass is 32.1. The quantitative estimate of drug-likeness (QED) is 0.763. The molecule has 4 rings (SSSR count). The second-order valence-electron chi connectivity index (χ2n) is 6.08. The van der Waals surface area contributed by atoms with Crippen LogP contribution in [0.25, 0.3) is 10.6 Å². The summed E-state index contributed by atoms with van der Waals surface area (Å²) in [4.78, 5) is 19.8. The molecular weight excluding hydrogens is 322 g/mol. The van der Waals surface area contributed by atoms with Crippen LogP contribution in [0.4, 0.5) is 0 Å². The van der Waals surface area contributed by atoms with Crippen LogP contribution in [0.1, 0.15) is 30.3 Å². The SMILES string of the molecule is Oc1cc(-c2cccs2)nc(C2CCCN(Cc3c[nH]cn3)C2)n1. The first-order chi connectivity index (χ1) is 11.8. The molecule has 4 heterocycles. The monoisotopic (exact) mass is 341 g/mol. The van der Waals surface area contributed by atoms with Crippen molar-refractivity contribution >= 4 is 11.3 Å². The Kier molecular flexibility index (Phi) is 4.27. The van der Waals surface area contributed by atoms with E-state index in [1.807, 2.05) is 23.7 Å². The first-order valence-electron chi connectivity index (χ1n) is 8.10. The van der Waals surface area contributed by atoms with Crippen LogP contribution >= 0.6 is 11.3 Å². The molecule has 0 amide bonds. The predicted molar refractivity (Wildman–Crippen MR) is 92.8 cm³/mol. The van der Waals surface area contributed by atoms with Gasteiger partial charge in [-0.3, -0.25) is 4.90 Å². The van der Waals surface area contributed by atoms with Gasteiger partial charge in [0.15, 0.2) is 0 Å². The van der Waals surface area contributed by atoms with Gasteiger partial charge in [0, 0.05) is 31.3 Å². The van der Waals surface area contributed by atoms with Crippen molar-refractivity contribution in [1.29, 1.82) is 0 Å². The van der Waals surface area contributed by atoms with Gasteiger partial charge in [-0.15, -0.1) is 11.3 Å². The molecule has 0 aromatic carbocycles. The van der Waals surface area contributed by atoms with Crippen LogP contribution in [0.3, 0.4) is 0 Å². The van der Waals surface area contributed by atoms with E-state index < -0.39 is 0 Å². The maximum atomic E-state index is 10.0. The number of aromatic nitrogens is 4. The zero-order valence-electron chi connectivity index (χ0n) is 13.2. The van der Waals surface area contributed by atoms with Crippen molar-refractivity contribution in [3.05, 3.63) is 47.6 Å². The Bertz CT molecular complexity index is 787. The molecule has 0 bridgehead atoms. The Morgan fingerprint density at radius 1 is 1.38 bits per heavy atom. The van der Waals surface area contributed by atoms with E-state index in [0.717, 1.165) is 54.6 Å². The molecular formula is C17H19N5OS. The minimum atomic E-state index is 0.0489. The Labute approximate surface area is 144 Å². The van der Waals surface area contributed by atoms with Crippen molar-refractivity contribution in [1.82, 2.24) is 24.8 Å². The Hall–Kier alpha value is -2.25. The molecule has 3 aromatic heterocycles. The number of likely N-dealkylation sites (tertiary alicyclic amines) is 1. The first-order valence-corrected chi connectivity index (χ1v) is 8.98. The molecule has 0 saturated carbocycles. The lowest BCUT2D eigenvalue weighted by Gasteiger charge is -2.31. The van der Waals surface area contributed by atoms with E-state index in [4.69, 9.17) is 4.98 Å². The van der Waals surface area contributed by atoms with Gasteiger partial charge < -0.3 is 10.1 Å². The smallest absolute Gasteiger partial charge is 0.214 e. The molecule has 1 unspecified atom stereocenters. The van der Waals surface area contributed by atoms with Gasteiger partial charge in [-0.1, -0.05) is 6.07 Å². The molecule has 1 aliphatic rings. The maximum absolute atomic E-state index is 10.0. The molecule has 24 heavy (non-hydrogen) atoms. The third-order valence-corrected chi connectivity index (χ3v) is 5.21. The minimum Gasteiger partial charge on any atom is -0.493 e. The Morgan fingerprint density at radius 3 is 3.12 bits per heavy atom. The third kappa shape index (κ3) is 3.32. The first kappa shape index (κ1) is 15.3. The summed E-state index contributed by atoms with van der Waals surface area (Å²) in [7, 11) is 0. The van der Waals surface area contributed by atoms with Crippen molar-refractivity contribution in [2.24, 2.45) is 0 Å². The number of hydrogen-bond donors (Lipinski definition) is 2. The van der Waals surface area contributed by atoms with E-state index in [1.165, 1.54) is 0 Å². The molecule has 6 nitrogen and oxygen atoms in total. The Morgan fingerprint density at radius 2 is 2.33 bits per heavy atom. The van der Waals surface area contributed by atoms with Gasteiger partial charge >= 0.3 is 0 Å². The number of nitrogens with zero attached hydrogens (tertiary/aromatic N) is 4. The fourth-order valence-corrected chi connectivity index (χ4v) is 3.89. The number of aromatic hydroxyl groups is 1. The standard InChI is InChI=1S/C17H19N5OS/c23-16-7-14(15-4-2-6-24-15)20-17(21-16)12-3-1-5-22(9-12)10-13-8-18-11-19-13/h2,4,6-8,11-12H,1,3,5,9-10H2,(H,18,19)(H,20,21,23). The van der Waals surface area contributed by atoms with Crippen LogP contribution in [0, 0.1) is 0 Å². The summed E-state index contributed by atoms with van der Waals surface area (Å²) in [6.07, 6.45) is 5.79. The topological polar surface area (TPSA) is 77.9 Å². The van der Waals surface area contributed by atoms with E-state index in [0.29, 0.717) is 0 Å². The lowest BCUT2D eigenvalue weighted by molar-refractivity contribution is 0.194. The lowest BCUT2D eigenvalue weighted by Crippen LogP contribution is -2.34. The highest BCUT2D eigenvalue weighted by Crippen LogP contribution is 2.30. The van der Waals surface area contributed by atoms with Gasteiger partial charge in [-0.2, -0.15) is 4.98 Å². The molecule has 0 aliphatic carbocycles. The fourth-order valence-electron chi connectivity index (χ4n) is 3.20. The van der Waals surface area contributed by atoms with Crippen molar-refractivity contribution < 1.29 is 5.11 Å². The molecule has 124 valence electrons. The average molecular weight is 341 g/mol. The van der Waals surface area contributed by atoms with E-state index in [9.17, 15) is 5.11 Å². The van der Waals surface area contributed by atoms with Crippen LogP contribution < -0.4 is 0 Å². The van der Waals surface area contributed by atoms with E-state index in [2.05, 4.69) is 19.9 Å². The normalized spacial score (nSPS) is 18.8. The molecule has 3 aromatic rings. The molecule has 7 heteroatoms. The molecule has 2 N–H and O–H groups in total. The molecule has 1 saturated heterocycles. The molecule has 1 aliphatic heterocycles. The fraction of sp³-hybridized carbons (Fsp3) is 0.353. The number of aromatic amines is 1. The average Bonchev–Trinajstić information content (AvgIpc) is 3.28. The second kappa shape index (κ2) is 6.70. The van der Waals surface area contributed by atoms with Crippen LogP contribution in [0.5, 0.6) is 5.88 Å². The van der Waals surface area contributed by atoms with Crippen LogP contribution in [0.2, 0.25) is 0 Å². The van der Waals surface area contributed by atoms with Gasteiger partial charge in [0.1, 0.15) is 5.82 Å². The number of imidazole rings is 1. The number of hydrogen-bond acceptors (Lipinski definition) is 6. The molecule has 1 fully saturated rings. The van der Waals surface area contributed by atoms with Gasteiger partial charge in [-0.25, -0.2) is 9.97 Å². The van der Waals surface area contributed by atoms with Gasteiger partial charge in [0.25, 0.3) is 0 Å². The summed E-state index contributed by atoms with van der Waals surface area (Å²) in [6.45, 7) is 2.77. The van der Waals surface area contributed by atoms with E-state index >= 15 is 0 Å². The largest absolute Gasteiger partial charge is 0.493 e. The number of H-pyrrole nitrogens is 1.